The van der Waals surface area contributed by atoms with Gasteiger partial charge in [0.2, 0.25) is 5.91 Å². The van der Waals surface area contributed by atoms with Crippen LogP contribution in [0.4, 0.5) is 0 Å². The van der Waals surface area contributed by atoms with Gasteiger partial charge in [-0.1, -0.05) is 174 Å². The van der Waals surface area contributed by atoms with Crippen LogP contribution >= 0.6 is 0 Å². The molecule has 2 unspecified atom stereocenters. The second-order valence-electron chi connectivity index (χ2n) is 13.3. The molecule has 0 saturated carbocycles. The molecule has 0 fully saturated rings. The molecule has 4 nitrogen and oxygen atoms in total. The number of hydrogen-bond acceptors (Lipinski definition) is 3. The smallest absolute Gasteiger partial charge is 0.220 e. The monoisotopic (exact) mass is 716 g/mol. The number of hydrogen-bond donors (Lipinski definition) is 3. The van der Waals surface area contributed by atoms with E-state index < -0.39 is 12.1 Å². The molecule has 52 heavy (non-hydrogen) atoms. The number of unbranched alkanes of at least 4 members (excludes halogenated alkanes) is 10. The lowest BCUT2D eigenvalue weighted by molar-refractivity contribution is -0.123. The first-order chi connectivity index (χ1) is 25.7. The van der Waals surface area contributed by atoms with E-state index in [4.69, 9.17) is 0 Å². The minimum atomic E-state index is -0.881. The Morgan fingerprint density at radius 1 is 0.481 bits per heavy atom. The highest BCUT2D eigenvalue weighted by molar-refractivity contribution is 5.76. The van der Waals surface area contributed by atoms with Crippen LogP contribution in [0.25, 0.3) is 0 Å². The summed E-state index contributed by atoms with van der Waals surface area (Å²) in [6.07, 6.45) is 65.8. The molecular weight excluding hydrogens is 639 g/mol. The molecule has 0 heterocycles. The summed E-state index contributed by atoms with van der Waals surface area (Å²) in [5.74, 6) is -0.0989. The first-order valence-corrected chi connectivity index (χ1v) is 20.7. The van der Waals surface area contributed by atoms with Gasteiger partial charge in [-0.15, -0.1) is 0 Å². The Bertz CT molecular complexity index is 1080. The van der Waals surface area contributed by atoms with Gasteiger partial charge in [-0.25, -0.2) is 0 Å². The van der Waals surface area contributed by atoms with Crippen LogP contribution in [0.15, 0.2) is 122 Å². The number of carbonyl (C=O) groups is 1. The minimum Gasteiger partial charge on any atom is -0.394 e. The Kier molecular flexibility index (Phi) is 39.6. The second-order valence-corrected chi connectivity index (χ2v) is 13.3. The van der Waals surface area contributed by atoms with Gasteiger partial charge in [-0.05, 0) is 96.3 Å². The lowest BCUT2D eigenvalue weighted by Gasteiger charge is -2.19. The van der Waals surface area contributed by atoms with Crippen molar-refractivity contribution in [1.29, 1.82) is 0 Å². The van der Waals surface area contributed by atoms with Crippen LogP contribution in [0.1, 0.15) is 155 Å². The van der Waals surface area contributed by atoms with Crippen LogP contribution in [0.3, 0.4) is 0 Å². The van der Waals surface area contributed by atoms with E-state index >= 15 is 0 Å². The maximum absolute atomic E-state index is 12.3. The van der Waals surface area contributed by atoms with E-state index in [0.717, 1.165) is 103 Å². The zero-order valence-electron chi connectivity index (χ0n) is 33.3. The summed E-state index contributed by atoms with van der Waals surface area (Å²) in [5.41, 5.74) is 0. The summed E-state index contributed by atoms with van der Waals surface area (Å²) in [4.78, 5) is 12.3. The first-order valence-electron chi connectivity index (χ1n) is 20.7. The fourth-order valence-corrected chi connectivity index (χ4v) is 5.25. The van der Waals surface area contributed by atoms with Crippen molar-refractivity contribution in [3.63, 3.8) is 0 Å². The van der Waals surface area contributed by atoms with Crippen molar-refractivity contribution < 1.29 is 15.0 Å². The predicted molar refractivity (Wildman–Crippen MR) is 229 cm³/mol. The fraction of sp³-hybridized carbons (Fsp3) is 0.562. The summed E-state index contributed by atoms with van der Waals surface area (Å²) in [6, 6.07) is -0.658. The standard InChI is InChI=1S/C48H77NO3/c1-3-5-7-9-11-13-15-16-17-18-19-20-21-22-23-24-25-26-27-28-29-30-31-32-34-36-38-40-42-44-48(52)49-46(45-50)47(51)43-41-39-37-35-33-14-12-10-8-6-4-2/h5,7-8,10-11,13,16-17,19-20,22-23,25-26,28-29,33,35,41,43,46-47,50-51H,3-4,6,9,12,14-15,18,21,24,27,30-32,34,36-40,42,44-45H2,1-2H3,(H,49,52)/b7-5-,10-8+,13-11-,17-16-,20-19-,23-22-,26-25-,29-28-,35-33+,43-41+. The van der Waals surface area contributed by atoms with Crippen LogP contribution in [-0.4, -0.2) is 34.9 Å². The molecular formula is C48H77NO3. The maximum atomic E-state index is 12.3. The van der Waals surface area contributed by atoms with Crippen LogP contribution in [0.5, 0.6) is 0 Å². The quantitative estimate of drug-likeness (QED) is 0.0452. The topological polar surface area (TPSA) is 69.6 Å². The Hall–Kier alpha value is -3.21. The van der Waals surface area contributed by atoms with E-state index in [1.165, 1.54) is 32.1 Å². The first kappa shape index (κ1) is 48.8. The highest BCUT2D eigenvalue weighted by atomic mass is 16.3. The lowest BCUT2D eigenvalue weighted by atomic mass is 10.1. The van der Waals surface area contributed by atoms with Gasteiger partial charge in [-0.3, -0.25) is 4.79 Å². The van der Waals surface area contributed by atoms with E-state index in [1.54, 1.807) is 6.08 Å². The average molecular weight is 716 g/mol. The summed E-state index contributed by atoms with van der Waals surface area (Å²) in [5, 5.41) is 22.8. The third-order valence-electron chi connectivity index (χ3n) is 8.39. The Labute approximate surface area is 320 Å². The number of amides is 1. The van der Waals surface area contributed by atoms with Gasteiger partial charge in [0, 0.05) is 6.42 Å². The highest BCUT2D eigenvalue weighted by Gasteiger charge is 2.17. The van der Waals surface area contributed by atoms with Crippen LogP contribution in [-0.2, 0) is 4.79 Å². The minimum absolute atomic E-state index is 0.0989. The summed E-state index contributed by atoms with van der Waals surface area (Å²) in [6.45, 7) is 4.07. The molecule has 0 radical (unpaired) electrons. The predicted octanol–water partition coefficient (Wildman–Crippen LogP) is 13.0. The highest BCUT2D eigenvalue weighted by Crippen LogP contribution is 2.11. The van der Waals surface area contributed by atoms with E-state index in [-0.39, 0.29) is 12.5 Å². The molecule has 0 aliphatic rings. The Morgan fingerprint density at radius 2 is 0.865 bits per heavy atom. The van der Waals surface area contributed by atoms with Gasteiger partial charge < -0.3 is 15.5 Å². The SMILES string of the molecule is CC/C=C\C/C=C\C/C=C\C/C=C\C/C=C\C/C=C\C/C=C\CCCCCCCCCC(=O)NC(CO)C(O)/C=C/CC/C=C/CC/C=C/CCC. The Balaban J connectivity index is 3.70. The maximum Gasteiger partial charge on any atom is 0.220 e. The molecule has 0 saturated heterocycles. The van der Waals surface area contributed by atoms with E-state index in [9.17, 15) is 15.0 Å². The second kappa shape index (κ2) is 42.2. The number of nitrogens with one attached hydrogen (secondary N) is 1. The molecule has 0 aromatic rings. The molecule has 0 aliphatic heterocycles. The van der Waals surface area contributed by atoms with Crippen molar-refractivity contribution in [3.8, 4) is 0 Å². The van der Waals surface area contributed by atoms with Crippen molar-refractivity contribution in [2.24, 2.45) is 0 Å². The number of aliphatic hydroxyl groups excluding tert-OH is 2. The Morgan fingerprint density at radius 3 is 1.33 bits per heavy atom. The molecule has 0 aromatic carbocycles. The lowest BCUT2D eigenvalue weighted by Crippen LogP contribution is -2.45. The van der Waals surface area contributed by atoms with Gasteiger partial charge in [0.1, 0.15) is 0 Å². The van der Waals surface area contributed by atoms with Crippen molar-refractivity contribution in [1.82, 2.24) is 5.32 Å². The summed E-state index contributed by atoms with van der Waals surface area (Å²) in [7, 11) is 0. The molecule has 0 rings (SSSR count). The number of rotatable bonds is 35. The number of aliphatic hydroxyl groups is 2. The van der Waals surface area contributed by atoms with E-state index in [2.05, 4.69) is 129 Å². The van der Waals surface area contributed by atoms with Crippen molar-refractivity contribution in [2.75, 3.05) is 6.61 Å². The van der Waals surface area contributed by atoms with Crippen molar-refractivity contribution in [3.05, 3.63) is 122 Å². The summed E-state index contributed by atoms with van der Waals surface area (Å²) < 4.78 is 0. The fourth-order valence-electron chi connectivity index (χ4n) is 5.25. The van der Waals surface area contributed by atoms with Crippen LogP contribution in [0.2, 0.25) is 0 Å². The molecule has 0 bridgehead atoms. The third kappa shape index (κ3) is 38.0. The molecule has 292 valence electrons. The van der Waals surface area contributed by atoms with Gasteiger partial charge in [0.25, 0.3) is 0 Å². The number of allylic oxidation sites excluding steroid dienone is 19. The molecule has 0 spiro atoms. The normalized spacial score (nSPS) is 14.3. The van der Waals surface area contributed by atoms with Gasteiger partial charge >= 0.3 is 0 Å². The summed E-state index contributed by atoms with van der Waals surface area (Å²) >= 11 is 0. The van der Waals surface area contributed by atoms with Gasteiger partial charge in [0.05, 0.1) is 18.8 Å². The molecule has 2 atom stereocenters. The molecule has 4 heteroatoms. The third-order valence-corrected chi connectivity index (χ3v) is 8.39. The van der Waals surface area contributed by atoms with Gasteiger partial charge in [0.15, 0.2) is 0 Å². The molecule has 0 aromatic heterocycles. The van der Waals surface area contributed by atoms with E-state index in [0.29, 0.717) is 6.42 Å². The van der Waals surface area contributed by atoms with Crippen molar-refractivity contribution in [2.45, 2.75) is 167 Å². The zero-order valence-corrected chi connectivity index (χ0v) is 33.3. The van der Waals surface area contributed by atoms with Gasteiger partial charge in [-0.2, -0.15) is 0 Å². The molecule has 0 aliphatic carbocycles. The zero-order chi connectivity index (χ0) is 37.8. The molecule has 3 N–H and O–H groups in total. The number of carbonyl (C=O) groups excluding carboxylic acids is 1. The van der Waals surface area contributed by atoms with E-state index in [1.807, 2.05) is 6.08 Å². The largest absolute Gasteiger partial charge is 0.394 e. The van der Waals surface area contributed by atoms with Crippen LogP contribution in [0, 0.1) is 0 Å². The average Bonchev–Trinajstić information content (AvgIpc) is 3.15. The van der Waals surface area contributed by atoms with Crippen molar-refractivity contribution >= 4 is 5.91 Å². The molecule has 1 amide bonds. The van der Waals surface area contributed by atoms with Crippen LogP contribution < -0.4 is 5.32 Å².